The number of hydrogen-bond donors (Lipinski definition) is 4. The van der Waals surface area contributed by atoms with Crippen molar-refractivity contribution in [3.63, 3.8) is 0 Å². The molecule has 1 saturated heterocycles. The van der Waals surface area contributed by atoms with Crippen molar-refractivity contribution in [2.45, 2.75) is 84.0 Å². The molecule has 1 heterocycles. The first kappa shape index (κ1) is 26.9. The molecule has 2 aliphatic carbocycles. The van der Waals surface area contributed by atoms with E-state index in [0.717, 1.165) is 18.4 Å². The van der Waals surface area contributed by atoms with Gasteiger partial charge in [0.25, 0.3) is 0 Å². The number of nitrogens with zero attached hydrogens (tertiary/aromatic N) is 1. The normalized spacial score (nSPS) is 36.3. The quantitative estimate of drug-likeness (QED) is 0.473. The Morgan fingerprint density at radius 3 is 2.50 bits per heavy atom. The highest BCUT2D eigenvalue weighted by Gasteiger charge is 2.60. The molecular weight excluding hydrogens is 460 g/mol. The first-order chi connectivity index (χ1) is 17.1. The Kier molecular flexibility index (Phi) is 7.98. The van der Waals surface area contributed by atoms with E-state index in [1.807, 2.05) is 38.1 Å². The van der Waals surface area contributed by atoms with Crippen LogP contribution in [0, 0.1) is 29.6 Å². The Hall–Kier alpha value is -2.16. The van der Waals surface area contributed by atoms with E-state index in [1.165, 1.54) is 0 Å². The molecule has 1 aliphatic heterocycles. The van der Waals surface area contributed by atoms with Gasteiger partial charge in [-0.3, -0.25) is 10.1 Å². The molecule has 1 aromatic rings. The highest BCUT2D eigenvalue weighted by Crippen LogP contribution is 2.61. The van der Waals surface area contributed by atoms with Gasteiger partial charge < -0.3 is 25.0 Å². The molecule has 0 bridgehead atoms. The van der Waals surface area contributed by atoms with Crippen LogP contribution >= 0.6 is 0 Å². The summed E-state index contributed by atoms with van der Waals surface area (Å²) in [4.78, 5) is 27.8. The number of anilines is 1. The van der Waals surface area contributed by atoms with E-state index < -0.39 is 23.7 Å². The summed E-state index contributed by atoms with van der Waals surface area (Å²) < 4.78 is 5.90. The van der Waals surface area contributed by atoms with Gasteiger partial charge in [0.1, 0.15) is 6.10 Å². The number of aliphatic hydroxyl groups excluding tert-OH is 3. The lowest BCUT2D eigenvalue weighted by atomic mass is 9.46. The lowest BCUT2D eigenvalue weighted by molar-refractivity contribution is -0.186. The van der Waals surface area contributed by atoms with Crippen molar-refractivity contribution in [2.75, 3.05) is 25.1 Å². The van der Waals surface area contributed by atoms with Crippen molar-refractivity contribution in [2.24, 2.45) is 22.7 Å². The van der Waals surface area contributed by atoms with Gasteiger partial charge in [0, 0.05) is 24.1 Å². The molecule has 3 aliphatic rings. The maximum atomic E-state index is 13.3. The Bertz CT molecular complexity index is 938. The third-order valence-electron chi connectivity index (χ3n) is 9.53. The molecule has 2 amide bonds. The van der Waals surface area contributed by atoms with E-state index >= 15 is 0 Å². The SMILES string of the molecule is Cc1ccc(NC(=O)O[C@@H]2CC[C@]3(C)[C@H](CC[C@@H](O)[C@H]3CC(=O)N3CCC[C@H]3CO)[C@]2(C)CO)cc1. The second-order valence-electron chi connectivity index (χ2n) is 11.7. The molecule has 200 valence electrons. The summed E-state index contributed by atoms with van der Waals surface area (Å²) in [5, 5.41) is 34.1. The van der Waals surface area contributed by atoms with Crippen molar-refractivity contribution in [1.29, 1.82) is 0 Å². The number of amides is 2. The minimum absolute atomic E-state index is 0.0148. The van der Waals surface area contributed by atoms with Crippen LogP contribution in [0.3, 0.4) is 0 Å². The van der Waals surface area contributed by atoms with Gasteiger partial charge in [-0.25, -0.2) is 4.79 Å². The molecular formula is C28H42N2O6. The van der Waals surface area contributed by atoms with Crippen molar-refractivity contribution >= 4 is 17.7 Å². The fourth-order valence-electron chi connectivity index (χ4n) is 7.35. The number of carbonyl (C=O) groups is 2. The number of hydrogen-bond acceptors (Lipinski definition) is 6. The average Bonchev–Trinajstić information content (AvgIpc) is 3.34. The lowest BCUT2D eigenvalue weighted by Crippen LogP contribution is -2.61. The smallest absolute Gasteiger partial charge is 0.411 e. The van der Waals surface area contributed by atoms with Crippen LogP contribution < -0.4 is 5.32 Å². The molecule has 8 heteroatoms. The van der Waals surface area contributed by atoms with Gasteiger partial charge in [-0.15, -0.1) is 0 Å². The molecule has 0 spiro atoms. The second kappa shape index (κ2) is 10.7. The van der Waals surface area contributed by atoms with Gasteiger partial charge in [0.2, 0.25) is 5.91 Å². The van der Waals surface area contributed by atoms with Crippen molar-refractivity contribution in [3.8, 4) is 0 Å². The first-order valence-corrected chi connectivity index (χ1v) is 13.4. The van der Waals surface area contributed by atoms with E-state index in [9.17, 15) is 24.9 Å². The zero-order chi connectivity index (χ0) is 26.1. The zero-order valence-electron chi connectivity index (χ0n) is 21.8. The van der Waals surface area contributed by atoms with E-state index in [2.05, 4.69) is 12.2 Å². The Balaban J connectivity index is 1.49. The van der Waals surface area contributed by atoms with Crippen LogP contribution in [-0.4, -0.2) is 70.2 Å². The molecule has 1 aromatic carbocycles. The van der Waals surface area contributed by atoms with Gasteiger partial charge >= 0.3 is 6.09 Å². The van der Waals surface area contributed by atoms with Crippen LogP contribution in [0.15, 0.2) is 24.3 Å². The van der Waals surface area contributed by atoms with Gasteiger partial charge in [-0.05, 0) is 74.8 Å². The Morgan fingerprint density at radius 1 is 1.11 bits per heavy atom. The fourth-order valence-corrected chi connectivity index (χ4v) is 7.35. The highest BCUT2D eigenvalue weighted by molar-refractivity contribution is 5.84. The second-order valence-corrected chi connectivity index (χ2v) is 11.7. The van der Waals surface area contributed by atoms with Crippen LogP contribution in [0.1, 0.15) is 64.4 Å². The minimum Gasteiger partial charge on any atom is -0.445 e. The summed E-state index contributed by atoms with van der Waals surface area (Å²) in [5.41, 5.74) is 0.671. The topological polar surface area (TPSA) is 119 Å². The molecule has 2 saturated carbocycles. The minimum atomic E-state index is -0.694. The summed E-state index contributed by atoms with van der Waals surface area (Å²) in [6.45, 7) is 6.54. The monoisotopic (exact) mass is 502 g/mol. The predicted molar refractivity (Wildman–Crippen MR) is 136 cm³/mol. The number of aryl methyl sites for hydroxylation is 1. The summed E-state index contributed by atoms with van der Waals surface area (Å²) >= 11 is 0. The number of likely N-dealkylation sites (tertiary alicyclic amines) is 1. The van der Waals surface area contributed by atoms with Crippen molar-refractivity contribution in [3.05, 3.63) is 29.8 Å². The van der Waals surface area contributed by atoms with Crippen LogP contribution in [0.25, 0.3) is 0 Å². The number of ether oxygens (including phenoxy) is 1. The number of rotatable bonds is 6. The molecule has 7 atom stereocenters. The lowest BCUT2D eigenvalue weighted by Gasteiger charge is -2.60. The molecule has 8 nitrogen and oxygen atoms in total. The summed E-state index contributed by atoms with van der Waals surface area (Å²) in [6, 6.07) is 7.34. The van der Waals surface area contributed by atoms with Crippen molar-refractivity contribution in [1.82, 2.24) is 4.90 Å². The third-order valence-corrected chi connectivity index (χ3v) is 9.53. The summed E-state index contributed by atoms with van der Waals surface area (Å²) in [6.07, 6.45) is 2.77. The van der Waals surface area contributed by atoms with Gasteiger partial charge in [-0.2, -0.15) is 0 Å². The number of aliphatic hydroxyl groups is 3. The molecule has 0 unspecified atom stereocenters. The van der Waals surface area contributed by atoms with Crippen molar-refractivity contribution < 1.29 is 29.6 Å². The zero-order valence-corrected chi connectivity index (χ0v) is 21.8. The van der Waals surface area contributed by atoms with Crippen LogP contribution in [0.4, 0.5) is 10.5 Å². The predicted octanol–water partition coefficient (Wildman–Crippen LogP) is 3.47. The Morgan fingerprint density at radius 2 is 1.83 bits per heavy atom. The van der Waals surface area contributed by atoms with Gasteiger partial charge in [0.05, 0.1) is 25.4 Å². The van der Waals surface area contributed by atoms with E-state index in [1.54, 1.807) is 4.90 Å². The molecule has 4 N–H and O–H groups in total. The molecule has 0 aromatic heterocycles. The van der Waals surface area contributed by atoms with E-state index in [-0.39, 0.29) is 48.8 Å². The largest absolute Gasteiger partial charge is 0.445 e. The third kappa shape index (κ3) is 5.00. The standard InChI is InChI=1S/C28H42N2O6/c1-18-6-8-19(9-7-18)29-26(35)36-24-12-13-27(2)21(15-25(34)30-14-4-5-20(30)16-31)22(33)10-11-23(27)28(24,3)17-32/h6-9,20-24,31-33H,4-5,10-17H2,1-3H3,(H,29,35)/t20-,21+,22+,23-,24+,27-,28-/m0/s1. The number of fused-ring (bicyclic) bond motifs is 1. The van der Waals surface area contributed by atoms with Crippen LogP contribution in [0.5, 0.6) is 0 Å². The fraction of sp³-hybridized carbons (Fsp3) is 0.714. The average molecular weight is 503 g/mol. The van der Waals surface area contributed by atoms with E-state index in [4.69, 9.17) is 4.74 Å². The molecule has 3 fully saturated rings. The molecule has 0 radical (unpaired) electrons. The number of nitrogens with one attached hydrogen (secondary N) is 1. The molecule has 36 heavy (non-hydrogen) atoms. The number of benzene rings is 1. The number of carbonyl (C=O) groups excluding carboxylic acids is 2. The van der Waals surface area contributed by atoms with Crippen LogP contribution in [-0.2, 0) is 9.53 Å². The van der Waals surface area contributed by atoms with Crippen LogP contribution in [0.2, 0.25) is 0 Å². The summed E-state index contributed by atoms with van der Waals surface area (Å²) in [7, 11) is 0. The van der Waals surface area contributed by atoms with E-state index in [0.29, 0.717) is 37.9 Å². The Labute approximate surface area is 214 Å². The van der Waals surface area contributed by atoms with Gasteiger partial charge in [0.15, 0.2) is 0 Å². The van der Waals surface area contributed by atoms with Gasteiger partial charge in [-0.1, -0.05) is 31.5 Å². The highest BCUT2D eigenvalue weighted by atomic mass is 16.6. The summed E-state index contributed by atoms with van der Waals surface area (Å²) in [5.74, 6) is -0.287. The maximum Gasteiger partial charge on any atom is 0.411 e. The first-order valence-electron chi connectivity index (χ1n) is 13.4. The maximum absolute atomic E-state index is 13.3. The molecule has 4 rings (SSSR count).